The van der Waals surface area contributed by atoms with Gasteiger partial charge in [-0.05, 0) is 12.1 Å². The molecule has 0 unspecified atom stereocenters. The topological polar surface area (TPSA) is 105 Å². The van der Waals surface area contributed by atoms with Crippen LogP contribution in [0.5, 0.6) is 0 Å². The van der Waals surface area contributed by atoms with E-state index in [9.17, 15) is 8.42 Å². The van der Waals surface area contributed by atoms with Crippen LogP contribution in [-0.2, 0) is 16.6 Å². The van der Waals surface area contributed by atoms with E-state index >= 15 is 0 Å². The molecule has 0 bridgehead atoms. The van der Waals surface area contributed by atoms with Gasteiger partial charge in [-0.15, -0.1) is 0 Å². The van der Waals surface area contributed by atoms with Gasteiger partial charge in [0.2, 0.25) is 10.0 Å². The second-order valence-electron chi connectivity index (χ2n) is 4.09. The summed E-state index contributed by atoms with van der Waals surface area (Å²) < 4.78 is 26.0. The van der Waals surface area contributed by atoms with Gasteiger partial charge in [-0.3, -0.25) is 5.10 Å². The minimum Gasteiger partial charge on any atom is -0.389 e. The van der Waals surface area contributed by atoms with Crippen molar-refractivity contribution in [3.05, 3.63) is 42.0 Å². The van der Waals surface area contributed by atoms with Gasteiger partial charge in [-0.25, -0.2) is 13.4 Å². The number of aromatic amines is 1. The fourth-order valence-corrected chi connectivity index (χ4v) is 2.90. The quantitative estimate of drug-likeness (QED) is 0.767. The van der Waals surface area contributed by atoms with E-state index in [4.69, 9.17) is 18.0 Å². The molecular formula is C11H13N5O2S2. The third-order valence-electron chi connectivity index (χ3n) is 2.66. The first-order valence-electron chi connectivity index (χ1n) is 5.61. The average molecular weight is 311 g/mol. The monoisotopic (exact) mass is 311 g/mol. The molecule has 0 aliphatic rings. The van der Waals surface area contributed by atoms with Gasteiger partial charge in [0.05, 0.1) is 11.4 Å². The number of aromatic nitrogens is 3. The predicted octanol–water partition coefficient (Wildman–Crippen LogP) is 0.260. The Bertz CT molecular complexity index is 712. The van der Waals surface area contributed by atoms with E-state index in [2.05, 4.69) is 15.2 Å². The number of H-pyrrole nitrogens is 1. The van der Waals surface area contributed by atoms with E-state index in [1.54, 1.807) is 12.1 Å². The Kier molecular flexibility index (Phi) is 4.12. The molecule has 7 nitrogen and oxygen atoms in total. The first kappa shape index (κ1) is 14.6. The summed E-state index contributed by atoms with van der Waals surface area (Å²) >= 11 is 4.85. The number of thiocarbonyl (C=S) groups is 1. The molecule has 0 aliphatic heterocycles. The van der Waals surface area contributed by atoms with Crippen LogP contribution in [0, 0.1) is 0 Å². The second-order valence-corrected chi connectivity index (χ2v) is 6.57. The fraction of sp³-hybridized carbons (Fsp3) is 0.182. The highest BCUT2D eigenvalue weighted by Gasteiger charge is 2.22. The van der Waals surface area contributed by atoms with Crippen molar-refractivity contribution in [2.24, 2.45) is 5.73 Å². The largest absolute Gasteiger partial charge is 0.389 e. The van der Waals surface area contributed by atoms with Crippen LogP contribution in [-0.4, -0.2) is 39.9 Å². The number of nitrogens with two attached hydrogens (primary N) is 1. The molecule has 9 heteroatoms. The van der Waals surface area contributed by atoms with Crippen molar-refractivity contribution < 1.29 is 8.42 Å². The minimum absolute atomic E-state index is 0.0969. The van der Waals surface area contributed by atoms with Crippen LogP contribution in [0.4, 0.5) is 0 Å². The van der Waals surface area contributed by atoms with E-state index in [1.165, 1.54) is 29.8 Å². The molecular weight excluding hydrogens is 298 g/mol. The van der Waals surface area contributed by atoms with Crippen LogP contribution in [0.3, 0.4) is 0 Å². The zero-order valence-corrected chi connectivity index (χ0v) is 12.3. The van der Waals surface area contributed by atoms with Gasteiger partial charge in [-0.2, -0.15) is 9.40 Å². The van der Waals surface area contributed by atoms with Gasteiger partial charge in [-0.1, -0.05) is 24.4 Å². The van der Waals surface area contributed by atoms with Gasteiger partial charge in [0.15, 0.2) is 0 Å². The van der Waals surface area contributed by atoms with Crippen molar-refractivity contribution in [1.82, 2.24) is 19.5 Å². The lowest BCUT2D eigenvalue weighted by atomic mass is 10.2. The smallest absolute Gasteiger partial charge is 0.243 e. The standard InChI is InChI=1S/C11H13N5O2S2/c1-16(6-10-13-7-14-15-10)20(17,18)9-4-2-3-8(5-9)11(12)19/h2-5,7H,6H2,1H3,(H2,12,19)(H,13,14,15). The molecule has 2 rings (SSSR count). The Balaban J connectivity index is 2.29. The molecule has 0 saturated heterocycles. The SMILES string of the molecule is CN(Cc1ncn[nH]1)S(=O)(=O)c1cccc(C(N)=S)c1. The van der Waals surface area contributed by atoms with Crippen molar-refractivity contribution in [3.63, 3.8) is 0 Å². The number of sulfonamides is 1. The van der Waals surface area contributed by atoms with Crippen molar-refractivity contribution in [3.8, 4) is 0 Å². The number of rotatable bonds is 5. The van der Waals surface area contributed by atoms with Crippen LogP contribution < -0.4 is 5.73 Å². The molecule has 1 heterocycles. The van der Waals surface area contributed by atoms with Crippen molar-refractivity contribution in [2.45, 2.75) is 11.4 Å². The van der Waals surface area contributed by atoms with Gasteiger partial charge < -0.3 is 5.73 Å². The highest BCUT2D eigenvalue weighted by molar-refractivity contribution is 7.89. The van der Waals surface area contributed by atoms with Gasteiger partial charge in [0, 0.05) is 12.6 Å². The second kappa shape index (κ2) is 5.65. The minimum atomic E-state index is -3.64. The first-order chi connectivity index (χ1) is 9.41. The number of nitrogens with one attached hydrogen (secondary N) is 1. The van der Waals surface area contributed by atoms with Crippen molar-refractivity contribution in [1.29, 1.82) is 0 Å². The number of hydrogen-bond acceptors (Lipinski definition) is 5. The summed E-state index contributed by atoms with van der Waals surface area (Å²) in [6, 6.07) is 6.21. The molecule has 0 atom stereocenters. The van der Waals surface area contributed by atoms with Crippen molar-refractivity contribution in [2.75, 3.05) is 7.05 Å². The molecule has 0 saturated carbocycles. The van der Waals surface area contributed by atoms with Crippen LogP contribution in [0.15, 0.2) is 35.5 Å². The van der Waals surface area contributed by atoms with Crippen molar-refractivity contribution >= 4 is 27.2 Å². The van der Waals surface area contributed by atoms with Gasteiger partial charge in [0.1, 0.15) is 17.1 Å². The maximum atomic E-state index is 12.4. The van der Waals surface area contributed by atoms with Crippen LogP contribution in [0.2, 0.25) is 0 Å². The molecule has 0 radical (unpaired) electrons. The molecule has 1 aromatic carbocycles. The molecule has 2 aromatic rings. The third-order valence-corrected chi connectivity index (χ3v) is 4.70. The summed E-state index contributed by atoms with van der Waals surface area (Å²) in [7, 11) is -2.18. The maximum Gasteiger partial charge on any atom is 0.243 e. The van der Waals surface area contributed by atoms with Crippen LogP contribution in [0.1, 0.15) is 11.4 Å². The van der Waals surface area contributed by atoms with E-state index in [1.807, 2.05) is 0 Å². The summed E-state index contributed by atoms with van der Waals surface area (Å²) in [5, 5.41) is 6.29. The molecule has 0 aliphatic carbocycles. The van der Waals surface area contributed by atoms with E-state index in [0.717, 1.165) is 0 Å². The summed E-state index contributed by atoms with van der Waals surface area (Å²) in [5.41, 5.74) is 6.02. The Morgan fingerprint density at radius 3 is 2.85 bits per heavy atom. The highest BCUT2D eigenvalue weighted by Crippen LogP contribution is 2.17. The summed E-state index contributed by atoms with van der Waals surface area (Å²) in [4.78, 5) is 4.18. The molecule has 0 spiro atoms. The molecule has 3 N–H and O–H groups in total. The van der Waals surface area contributed by atoms with Crippen LogP contribution >= 0.6 is 12.2 Å². The first-order valence-corrected chi connectivity index (χ1v) is 7.46. The summed E-state index contributed by atoms with van der Waals surface area (Å²) in [6.07, 6.45) is 1.32. The van der Waals surface area contributed by atoms with E-state index in [-0.39, 0.29) is 16.4 Å². The van der Waals surface area contributed by atoms with Gasteiger partial charge >= 0.3 is 0 Å². The lowest BCUT2D eigenvalue weighted by Crippen LogP contribution is -2.27. The highest BCUT2D eigenvalue weighted by atomic mass is 32.2. The maximum absolute atomic E-state index is 12.4. The van der Waals surface area contributed by atoms with Gasteiger partial charge in [0.25, 0.3) is 0 Å². The third kappa shape index (κ3) is 3.00. The predicted molar refractivity (Wildman–Crippen MR) is 77.4 cm³/mol. The lowest BCUT2D eigenvalue weighted by Gasteiger charge is -2.16. The number of hydrogen-bond donors (Lipinski definition) is 2. The fourth-order valence-electron chi connectivity index (χ4n) is 1.59. The number of benzene rings is 1. The normalized spacial score (nSPS) is 11.7. The Labute approximate surface area is 121 Å². The van der Waals surface area contributed by atoms with E-state index < -0.39 is 10.0 Å². The number of nitrogens with zero attached hydrogens (tertiary/aromatic N) is 3. The summed E-state index contributed by atoms with van der Waals surface area (Å²) in [5.74, 6) is 0.460. The molecule has 0 amide bonds. The summed E-state index contributed by atoms with van der Waals surface area (Å²) in [6.45, 7) is 0.0969. The lowest BCUT2D eigenvalue weighted by molar-refractivity contribution is 0.457. The molecule has 106 valence electrons. The molecule has 20 heavy (non-hydrogen) atoms. The zero-order valence-electron chi connectivity index (χ0n) is 10.6. The Morgan fingerprint density at radius 1 is 1.50 bits per heavy atom. The average Bonchev–Trinajstić information content (AvgIpc) is 2.91. The molecule has 0 fully saturated rings. The zero-order chi connectivity index (χ0) is 14.8. The Morgan fingerprint density at radius 2 is 2.25 bits per heavy atom. The van der Waals surface area contributed by atoms with Crippen LogP contribution in [0.25, 0.3) is 0 Å². The van der Waals surface area contributed by atoms with E-state index in [0.29, 0.717) is 11.4 Å². The Hall–Kier alpha value is -1.84. The molecule has 1 aromatic heterocycles.